The highest BCUT2D eigenvalue weighted by molar-refractivity contribution is 7.99. The zero-order valence-corrected chi connectivity index (χ0v) is 11.6. The number of rotatable bonds is 9. The van der Waals surface area contributed by atoms with Crippen molar-refractivity contribution in [3.05, 3.63) is 0 Å². The van der Waals surface area contributed by atoms with Crippen LogP contribution in [-0.2, 0) is 14.4 Å². The van der Waals surface area contributed by atoms with Gasteiger partial charge in [-0.3, -0.25) is 14.4 Å². The zero-order chi connectivity index (χ0) is 14.0. The number of hydrogen-bond donors (Lipinski definition) is 3. The minimum absolute atomic E-state index is 0.0120. The van der Waals surface area contributed by atoms with E-state index >= 15 is 0 Å². The summed E-state index contributed by atoms with van der Waals surface area (Å²) in [5.41, 5.74) is 5.62. The molecule has 0 saturated heterocycles. The van der Waals surface area contributed by atoms with Crippen molar-refractivity contribution < 1.29 is 14.4 Å². The van der Waals surface area contributed by atoms with Crippen LogP contribution in [-0.4, -0.2) is 48.2 Å². The predicted molar refractivity (Wildman–Crippen MR) is 72.3 cm³/mol. The van der Waals surface area contributed by atoms with Crippen molar-refractivity contribution in [1.29, 1.82) is 0 Å². The highest BCUT2D eigenvalue weighted by atomic mass is 32.2. The van der Waals surface area contributed by atoms with Crippen LogP contribution in [0, 0.1) is 0 Å². The Balaban J connectivity index is 3.70. The van der Waals surface area contributed by atoms with Crippen molar-refractivity contribution in [1.82, 2.24) is 10.6 Å². The molecule has 0 aliphatic rings. The monoisotopic (exact) mass is 275 g/mol. The number of nitrogens with one attached hydrogen (secondary N) is 2. The lowest BCUT2D eigenvalue weighted by molar-refractivity contribution is -0.126. The van der Waals surface area contributed by atoms with Crippen LogP contribution in [0.3, 0.4) is 0 Å². The Morgan fingerprint density at radius 1 is 1.28 bits per heavy atom. The van der Waals surface area contributed by atoms with E-state index in [1.54, 1.807) is 11.8 Å². The molecule has 2 amide bonds. The van der Waals surface area contributed by atoms with Gasteiger partial charge in [-0.1, -0.05) is 6.92 Å². The molecule has 1 atom stereocenters. The maximum absolute atomic E-state index is 11.5. The first-order chi connectivity index (χ1) is 8.47. The fraction of sp³-hybridized carbons (Fsp3) is 0.727. The van der Waals surface area contributed by atoms with Crippen LogP contribution in [0.5, 0.6) is 0 Å². The van der Waals surface area contributed by atoms with Crippen LogP contribution in [0.4, 0.5) is 0 Å². The number of thioether (sulfide) groups is 1. The average Bonchev–Trinajstić information content (AvgIpc) is 2.32. The average molecular weight is 275 g/mol. The molecule has 0 aromatic heterocycles. The second-order valence-corrected chi connectivity index (χ2v) is 5.10. The van der Waals surface area contributed by atoms with Gasteiger partial charge in [-0.25, -0.2) is 0 Å². The maximum atomic E-state index is 11.5. The lowest BCUT2D eigenvalue weighted by Crippen LogP contribution is -2.46. The summed E-state index contributed by atoms with van der Waals surface area (Å²) in [5.74, 6) is 0.788. The van der Waals surface area contributed by atoms with Crippen LogP contribution >= 0.6 is 11.8 Å². The summed E-state index contributed by atoms with van der Waals surface area (Å²) in [7, 11) is 0. The Hall–Kier alpha value is -1.08. The number of carbonyl (C=O) groups excluding carboxylic acids is 3. The molecule has 0 spiro atoms. The summed E-state index contributed by atoms with van der Waals surface area (Å²) >= 11 is 1.57. The van der Waals surface area contributed by atoms with E-state index < -0.39 is 6.04 Å². The molecule has 0 saturated carbocycles. The first-order valence-electron chi connectivity index (χ1n) is 5.84. The van der Waals surface area contributed by atoms with Crippen molar-refractivity contribution in [3.8, 4) is 0 Å². The normalized spacial score (nSPS) is 11.7. The predicted octanol–water partition coefficient (Wildman–Crippen LogP) is -0.722. The molecule has 0 fully saturated rings. The van der Waals surface area contributed by atoms with Gasteiger partial charge in [0.1, 0.15) is 5.78 Å². The molecule has 6 nitrogen and oxygen atoms in total. The zero-order valence-electron chi connectivity index (χ0n) is 10.8. The summed E-state index contributed by atoms with van der Waals surface area (Å²) in [6.07, 6.45) is 0.298. The fourth-order valence-electron chi connectivity index (χ4n) is 1.06. The highest BCUT2D eigenvalue weighted by Gasteiger charge is 2.13. The van der Waals surface area contributed by atoms with Gasteiger partial charge >= 0.3 is 0 Å². The third-order valence-corrected chi connectivity index (χ3v) is 3.06. The Morgan fingerprint density at radius 2 is 1.94 bits per heavy atom. The van der Waals surface area contributed by atoms with Gasteiger partial charge in [0, 0.05) is 18.7 Å². The number of ketones is 1. The molecule has 18 heavy (non-hydrogen) atoms. The van der Waals surface area contributed by atoms with Gasteiger partial charge in [-0.05, 0) is 12.7 Å². The number of Topliss-reactive ketones (excluding diaryl/α,β-unsaturated/α-hetero) is 1. The highest BCUT2D eigenvalue weighted by Crippen LogP contribution is 1.99. The minimum atomic E-state index is -0.597. The number of carbonyl (C=O) groups is 3. The summed E-state index contributed by atoms with van der Waals surface area (Å²) in [4.78, 5) is 33.4. The lowest BCUT2D eigenvalue weighted by atomic mass is 10.3. The van der Waals surface area contributed by atoms with Crippen LogP contribution < -0.4 is 16.4 Å². The van der Waals surface area contributed by atoms with Gasteiger partial charge in [0.2, 0.25) is 11.8 Å². The van der Waals surface area contributed by atoms with Gasteiger partial charge in [-0.2, -0.15) is 11.8 Å². The fourth-order valence-corrected chi connectivity index (χ4v) is 1.70. The quantitative estimate of drug-likeness (QED) is 0.515. The molecule has 0 rings (SSSR count). The largest absolute Gasteiger partial charge is 0.354 e. The Morgan fingerprint density at radius 3 is 2.50 bits per heavy atom. The lowest BCUT2D eigenvalue weighted by Gasteiger charge is -2.11. The number of hydrogen-bond acceptors (Lipinski definition) is 5. The van der Waals surface area contributed by atoms with E-state index in [1.165, 1.54) is 6.92 Å². The van der Waals surface area contributed by atoms with E-state index in [4.69, 9.17) is 5.73 Å². The van der Waals surface area contributed by atoms with Crippen LogP contribution in [0.2, 0.25) is 0 Å². The molecule has 4 N–H and O–H groups in total. The molecule has 7 heteroatoms. The van der Waals surface area contributed by atoms with Gasteiger partial charge in [-0.15, -0.1) is 0 Å². The molecule has 0 heterocycles. The van der Waals surface area contributed by atoms with Crippen LogP contribution in [0.15, 0.2) is 0 Å². The minimum Gasteiger partial charge on any atom is -0.354 e. The molecule has 0 bridgehead atoms. The van der Waals surface area contributed by atoms with E-state index in [9.17, 15) is 14.4 Å². The molecule has 0 aliphatic carbocycles. The van der Waals surface area contributed by atoms with Crippen molar-refractivity contribution in [2.24, 2.45) is 5.73 Å². The standard InChI is InChI=1S/C11H21N3O3S/c1-3-18-7-9(12)11(17)14-6-10(16)13-5-4-8(2)15/h9H,3-7,12H2,1-2H3,(H,13,16)(H,14,17)/t9-/m1/s1. The molecule has 0 radical (unpaired) electrons. The summed E-state index contributed by atoms with van der Waals surface area (Å²) < 4.78 is 0. The SMILES string of the molecule is CCSC[C@@H](N)C(=O)NCC(=O)NCCC(C)=O. The Bertz CT molecular complexity index is 297. The molecule has 104 valence electrons. The first kappa shape index (κ1) is 16.9. The second kappa shape index (κ2) is 9.90. The van der Waals surface area contributed by atoms with E-state index in [1.807, 2.05) is 6.92 Å². The summed E-state index contributed by atoms with van der Waals surface area (Å²) in [6, 6.07) is -0.597. The molecular formula is C11H21N3O3S. The molecule has 0 aromatic carbocycles. The van der Waals surface area contributed by atoms with Gasteiger partial charge < -0.3 is 16.4 Å². The third kappa shape index (κ3) is 9.00. The van der Waals surface area contributed by atoms with Crippen molar-refractivity contribution >= 4 is 29.4 Å². The second-order valence-electron chi connectivity index (χ2n) is 3.79. The van der Waals surface area contributed by atoms with E-state index in [-0.39, 0.29) is 24.1 Å². The third-order valence-electron chi connectivity index (χ3n) is 2.06. The van der Waals surface area contributed by atoms with Gasteiger partial charge in [0.25, 0.3) is 0 Å². The number of amides is 2. The van der Waals surface area contributed by atoms with E-state index in [2.05, 4.69) is 10.6 Å². The van der Waals surface area contributed by atoms with E-state index in [0.717, 1.165) is 5.75 Å². The molecular weight excluding hydrogens is 254 g/mol. The Labute approximate surface area is 111 Å². The van der Waals surface area contributed by atoms with Crippen LogP contribution in [0.1, 0.15) is 20.3 Å². The van der Waals surface area contributed by atoms with Crippen molar-refractivity contribution in [2.75, 3.05) is 24.6 Å². The molecule has 0 unspecified atom stereocenters. The smallest absolute Gasteiger partial charge is 0.239 e. The topological polar surface area (TPSA) is 101 Å². The maximum Gasteiger partial charge on any atom is 0.239 e. The Kier molecular flexibility index (Phi) is 9.31. The number of nitrogens with two attached hydrogens (primary N) is 1. The van der Waals surface area contributed by atoms with Crippen LogP contribution in [0.25, 0.3) is 0 Å². The molecule has 0 aromatic rings. The summed E-state index contributed by atoms with van der Waals surface area (Å²) in [6.45, 7) is 3.62. The van der Waals surface area contributed by atoms with Gasteiger partial charge in [0.15, 0.2) is 0 Å². The van der Waals surface area contributed by atoms with Gasteiger partial charge in [0.05, 0.1) is 12.6 Å². The first-order valence-corrected chi connectivity index (χ1v) is 7.00. The van der Waals surface area contributed by atoms with Crippen molar-refractivity contribution in [3.63, 3.8) is 0 Å². The van der Waals surface area contributed by atoms with Crippen molar-refractivity contribution in [2.45, 2.75) is 26.3 Å². The summed E-state index contributed by atoms with van der Waals surface area (Å²) in [5, 5.41) is 4.99. The molecule has 0 aliphatic heterocycles. The van der Waals surface area contributed by atoms with E-state index in [0.29, 0.717) is 18.7 Å².